The summed E-state index contributed by atoms with van der Waals surface area (Å²) in [6, 6.07) is 32.5. The minimum Gasteiger partial charge on any atom is -0.487 e. The fourth-order valence-corrected chi connectivity index (χ4v) is 6.27. The van der Waals surface area contributed by atoms with Crippen molar-refractivity contribution in [1.82, 2.24) is 4.98 Å². The summed E-state index contributed by atoms with van der Waals surface area (Å²) in [5.41, 5.74) is 5.38. The standard InChI is InChI=1S/C35H30ClNO5S/c36-28-14-11-25-12-15-29(37-32(25)21-28)22-42-30-8-4-7-27(19-30)33(43-18-17-34(38)39)16-13-24-9-10-26(20-31(24)35(40)41)23-5-2-1-3-6-23/h1-12,14-15,19-21,33H,13,16-18,22H2,(H,38,39)(H,40,41). The first-order chi connectivity index (χ1) is 20.9. The van der Waals surface area contributed by atoms with Gasteiger partial charge in [0, 0.05) is 21.4 Å². The molecular formula is C35H30ClNO5S. The van der Waals surface area contributed by atoms with Gasteiger partial charge in [-0.2, -0.15) is 11.8 Å². The number of nitrogens with zero attached hydrogens (tertiary/aromatic N) is 1. The zero-order valence-corrected chi connectivity index (χ0v) is 24.9. The molecule has 0 saturated carbocycles. The molecule has 0 aliphatic rings. The maximum absolute atomic E-state index is 12.2. The molecule has 0 fully saturated rings. The number of thioether (sulfide) groups is 1. The molecular weight excluding hydrogens is 582 g/mol. The van der Waals surface area contributed by atoms with Gasteiger partial charge in [0.2, 0.25) is 0 Å². The second kappa shape index (κ2) is 14.2. The zero-order valence-electron chi connectivity index (χ0n) is 23.3. The molecule has 0 amide bonds. The van der Waals surface area contributed by atoms with E-state index >= 15 is 0 Å². The summed E-state index contributed by atoms with van der Waals surface area (Å²) in [6.07, 6.45) is 1.20. The molecule has 218 valence electrons. The second-order valence-corrected chi connectivity index (χ2v) is 11.8. The van der Waals surface area contributed by atoms with Crippen LogP contribution in [0.5, 0.6) is 5.75 Å². The third-order valence-corrected chi connectivity index (χ3v) is 8.67. The molecule has 0 bridgehead atoms. The summed E-state index contributed by atoms with van der Waals surface area (Å²) in [5.74, 6) is -0.708. The van der Waals surface area contributed by atoms with Gasteiger partial charge in [0.15, 0.2) is 0 Å². The van der Waals surface area contributed by atoms with Gasteiger partial charge in [-0.05, 0) is 71.5 Å². The molecule has 8 heteroatoms. The predicted octanol–water partition coefficient (Wildman–Crippen LogP) is 8.71. The summed E-state index contributed by atoms with van der Waals surface area (Å²) < 4.78 is 6.10. The van der Waals surface area contributed by atoms with Gasteiger partial charge in [-0.25, -0.2) is 9.78 Å². The third kappa shape index (κ3) is 8.15. The highest BCUT2D eigenvalue weighted by Crippen LogP contribution is 2.36. The van der Waals surface area contributed by atoms with Gasteiger partial charge in [0.05, 0.1) is 23.2 Å². The van der Waals surface area contributed by atoms with Crippen molar-refractivity contribution in [2.24, 2.45) is 0 Å². The topological polar surface area (TPSA) is 96.7 Å². The minimum atomic E-state index is -0.970. The Bertz CT molecular complexity index is 1740. The van der Waals surface area contributed by atoms with Crippen molar-refractivity contribution >= 4 is 46.2 Å². The third-order valence-electron chi connectivity index (χ3n) is 7.09. The molecule has 43 heavy (non-hydrogen) atoms. The van der Waals surface area contributed by atoms with E-state index in [4.69, 9.17) is 16.3 Å². The minimum absolute atomic E-state index is 0.0428. The number of hydrogen-bond donors (Lipinski definition) is 2. The number of aryl methyl sites for hydroxylation is 1. The lowest BCUT2D eigenvalue weighted by atomic mass is 9.95. The van der Waals surface area contributed by atoms with E-state index in [2.05, 4.69) is 4.98 Å². The van der Waals surface area contributed by atoms with E-state index in [9.17, 15) is 19.8 Å². The smallest absolute Gasteiger partial charge is 0.335 e. The molecule has 5 aromatic rings. The van der Waals surface area contributed by atoms with Crippen LogP contribution in [0.1, 0.15) is 45.3 Å². The molecule has 6 nitrogen and oxygen atoms in total. The molecule has 1 aromatic heterocycles. The predicted molar refractivity (Wildman–Crippen MR) is 172 cm³/mol. The summed E-state index contributed by atoms with van der Waals surface area (Å²) in [7, 11) is 0. The Morgan fingerprint density at radius 1 is 0.860 bits per heavy atom. The normalized spacial score (nSPS) is 11.7. The highest BCUT2D eigenvalue weighted by Gasteiger charge is 2.18. The lowest BCUT2D eigenvalue weighted by molar-refractivity contribution is -0.136. The Kier molecular flexibility index (Phi) is 9.97. The Morgan fingerprint density at radius 2 is 1.67 bits per heavy atom. The molecule has 0 aliphatic heterocycles. The number of ether oxygens (including phenoxy) is 1. The van der Waals surface area contributed by atoms with Crippen LogP contribution in [0.2, 0.25) is 5.02 Å². The van der Waals surface area contributed by atoms with Gasteiger partial charge in [-0.15, -0.1) is 0 Å². The number of benzene rings is 4. The lowest BCUT2D eigenvalue weighted by Crippen LogP contribution is -2.06. The average Bonchev–Trinajstić information content (AvgIpc) is 3.01. The van der Waals surface area contributed by atoms with Gasteiger partial charge in [0.25, 0.3) is 0 Å². The summed E-state index contributed by atoms with van der Waals surface area (Å²) in [4.78, 5) is 28.1. The van der Waals surface area contributed by atoms with Crippen LogP contribution in [0.4, 0.5) is 0 Å². The van der Waals surface area contributed by atoms with Crippen LogP contribution in [0.3, 0.4) is 0 Å². The van der Waals surface area contributed by atoms with E-state index in [0.717, 1.165) is 38.9 Å². The van der Waals surface area contributed by atoms with Crippen LogP contribution in [-0.2, 0) is 17.8 Å². The van der Waals surface area contributed by atoms with Crippen LogP contribution in [-0.4, -0.2) is 32.9 Å². The van der Waals surface area contributed by atoms with Crippen molar-refractivity contribution in [1.29, 1.82) is 0 Å². The summed E-state index contributed by atoms with van der Waals surface area (Å²) >= 11 is 7.68. The maximum Gasteiger partial charge on any atom is 0.335 e. The Morgan fingerprint density at radius 3 is 2.47 bits per heavy atom. The van der Waals surface area contributed by atoms with Crippen LogP contribution < -0.4 is 4.74 Å². The number of aliphatic carboxylic acids is 1. The molecule has 0 radical (unpaired) electrons. The number of aromatic nitrogens is 1. The van der Waals surface area contributed by atoms with Crippen molar-refractivity contribution in [3.8, 4) is 16.9 Å². The van der Waals surface area contributed by atoms with E-state index in [1.807, 2.05) is 97.1 Å². The van der Waals surface area contributed by atoms with Crippen molar-refractivity contribution in [3.05, 3.63) is 131 Å². The summed E-state index contributed by atoms with van der Waals surface area (Å²) in [5, 5.41) is 20.8. The SMILES string of the molecule is O=C(O)CCSC(CCc1ccc(-c2ccccc2)cc1C(=O)O)c1cccc(OCc2ccc3ccc(Cl)cc3n2)c1. The quantitative estimate of drug-likeness (QED) is 0.137. The van der Waals surface area contributed by atoms with Crippen LogP contribution in [0.15, 0.2) is 103 Å². The number of carbonyl (C=O) groups is 2. The van der Waals surface area contributed by atoms with E-state index in [-0.39, 0.29) is 23.8 Å². The lowest BCUT2D eigenvalue weighted by Gasteiger charge is -2.19. The average molecular weight is 612 g/mol. The fourth-order valence-electron chi connectivity index (χ4n) is 4.90. The Labute approximate surface area is 259 Å². The number of fused-ring (bicyclic) bond motifs is 1. The van der Waals surface area contributed by atoms with E-state index in [0.29, 0.717) is 29.4 Å². The zero-order chi connectivity index (χ0) is 30.2. The molecule has 0 aliphatic carbocycles. The van der Waals surface area contributed by atoms with Gasteiger partial charge in [-0.3, -0.25) is 4.79 Å². The maximum atomic E-state index is 12.2. The number of pyridine rings is 1. The highest BCUT2D eigenvalue weighted by molar-refractivity contribution is 7.99. The molecule has 1 unspecified atom stereocenters. The van der Waals surface area contributed by atoms with E-state index in [1.54, 1.807) is 17.8 Å². The number of carboxylic acids is 2. The number of halogens is 1. The van der Waals surface area contributed by atoms with Crippen LogP contribution in [0, 0.1) is 0 Å². The summed E-state index contributed by atoms with van der Waals surface area (Å²) in [6.45, 7) is 0.276. The van der Waals surface area contributed by atoms with Crippen molar-refractivity contribution in [2.45, 2.75) is 31.1 Å². The number of aromatic carboxylic acids is 1. The van der Waals surface area contributed by atoms with E-state index in [1.165, 1.54) is 0 Å². The first-order valence-corrected chi connectivity index (χ1v) is 15.3. The fraction of sp³-hybridized carbons (Fsp3) is 0.171. The van der Waals surface area contributed by atoms with Gasteiger partial charge < -0.3 is 14.9 Å². The van der Waals surface area contributed by atoms with Crippen LogP contribution in [0.25, 0.3) is 22.0 Å². The first-order valence-electron chi connectivity index (χ1n) is 13.9. The van der Waals surface area contributed by atoms with E-state index < -0.39 is 11.9 Å². The molecule has 5 rings (SSSR count). The second-order valence-electron chi connectivity index (χ2n) is 10.1. The Hall–Kier alpha value is -4.33. The first kappa shape index (κ1) is 30.1. The highest BCUT2D eigenvalue weighted by atomic mass is 35.5. The van der Waals surface area contributed by atoms with Crippen molar-refractivity contribution in [3.63, 3.8) is 0 Å². The van der Waals surface area contributed by atoms with Crippen molar-refractivity contribution < 1.29 is 24.5 Å². The van der Waals surface area contributed by atoms with Gasteiger partial charge in [-0.1, -0.05) is 78.3 Å². The monoisotopic (exact) mass is 611 g/mol. The van der Waals surface area contributed by atoms with Gasteiger partial charge >= 0.3 is 11.9 Å². The molecule has 1 heterocycles. The molecule has 4 aromatic carbocycles. The van der Waals surface area contributed by atoms with Crippen LogP contribution >= 0.6 is 23.4 Å². The number of hydrogen-bond acceptors (Lipinski definition) is 5. The number of rotatable bonds is 13. The molecule has 0 saturated heterocycles. The molecule has 0 spiro atoms. The van der Waals surface area contributed by atoms with Gasteiger partial charge in [0.1, 0.15) is 12.4 Å². The molecule has 2 N–H and O–H groups in total. The number of carboxylic acid groups (broad SMARTS) is 2. The largest absolute Gasteiger partial charge is 0.487 e. The Balaban J connectivity index is 1.32. The van der Waals surface area contributed by atoms with Crippen molar-refractivity contribution in [2.75, 3.05) is 5.75 Å². The molecule has 1 atom stereocenters.